The number of rotatable bonds is 1. The first-order valence-electron chi connectivity index (χ1n) is 7.32. The van der Waals surface area contributed by atoms with Crippen LogP contribution in [-0.2, 0) is 0 Å². The van der Waals surface area contributed by atoms with Gasteiger partial charge in [-0.25, -0.2) is 0 Å². The van der Waals surface area contributed by atoms with E-state index in [2.05, 4.69) is 11.1 Å². The summed E-state index contributed by atoms with van der Waals surface area (Å²) >= 11 is 0. The minimum Gasteiger partial charge on any atom is -0.321 e. The normalized spacial score (nSPS) is 10.7. The summed E-state index contributed by atoms with van der Waals surface area (Å²) in [4.78, 5) is 15.0. The molecule has 0 aliphatic carbocycles. The van der Waals surface area contributed by atoms with Crippen LogP contribution in [0, 0.1) is 11.3 Å². The van der Waals surface area contributed by atoms with Crippen molar-refractivity contribution in [2.45, 2.75) is 0 Å². The van der Waals surface area contributed by atoms with Crippen LogP contribution in [0.1, 0.15) is 5.56 Å². The van der Waals surface area contributed by atoms with E-state index < -0.39 is 0 Å². The van der Waals surface area contributed by atoms with Crippen LogP contribution in [0.25, 0.3) is 32.8 Å². The van der Waals surface area contributed by atoms with E-state index in [0.29, 0.717) is 5.56 Å². The zero-order valence-corrected chi connectivity index (χ0v) is 12.2. The van der Waals surface area contributed by atoms with Crippen molar-refractivity contribution in [1.29, 1.82) is 5.26 Å². The number of para-hydroxylation sites is 1. The zero-order chi connectivity index (χ0) is 15.8. The molecule has 3 nitrogen and oxygen atoms in total. The summed E-state index contributed by atoms with van der Waals surface area (Å²) in [6.07, 6.45) is 0. The van der Waals surface area contributed by atoms with Crippen LogP contribution in [0.3, 0.4) is 0 Å². The Labute approximate surface area is 132 Å². The number of aromatic nitrogens is 1. The van der Waals surface area contributed by atoms with Crippen molar-refractivity contribution in [2.75, 3.05) is 0 Å². The molecule has 0 unspecified atom stereocenters. The van der Waals surface area contributed by atoms with Crippen LogP contribution in [-0.4, -0.2) is 4.98 Å². The number of hydrogen-bond acceptors (Lipinski definition) is 2. The summed E-state index contributed by atoms with van der Waals surface area (Å²) in [6.45, 7) is 0. The van der Waals surface area contributed by atoms with Crippen molar-refractivity contribution >= 4 is 21.7 Å². The van der Waals surface area contributed by atoms with Gasteiger partial charge in [0.2, 0.25) is 0 Å². The van der Waals surface area contributed by atoms with Crippen molar-refractivity contribution < 1.29 is 0 Å². The Morgan fingerprint density at radius 1 is 0.870 bits per heavy atom. The monoisotopic (exact) mass is 296 g/mol. The number of nitrogens with one attached hydrogen (secondary N) is 1. The lowest BCUT2D eigenvalue weighted by Crippen LogP contribution is -2.12. The molecule has 0 fully saturated rings. The van der Waals surface area contributed by atoms with E-state index in [9.17, 15) is 10.1 Å². The zero-order valence-electron chi connectivity index (χ0n) is 12.2. The second kappa shape index (κ2) is 5.11. The van der Waals surface area contributed by atoms with Crippen molar-refractivity contribution in [2.24, 2.45) is 0 Å². The quantitative estimate of drug-likeness (QED) is 0.571. The van der Waals surface area contributed by atoms with E-state index in [1.807, 2.05) is 66.7 Å². The molecule has 0 saturated carbocycles. The van der Waals surface area contributed by atoms with Crippen LogP contribution in [0.5, 0.6) is 0 Å². The average molecular weight is 296 g/mol. The highest BCUT2D eigenvalue weighted by atomic mass is 16.1. The maximum Gasteiger partial charge on any atom is 0.266 e. The molecule has 0 amide bonds. The van der Waals surface area contributed by atoms with Gasteiger partial charge >= 0.3 is 0 Å². The van der Waals surface area contributed by atoms with Gasteiger partial charge in [-0.05, 0) is 28.5 Å². The lowest BCUT2D eigenvalue weighted by atomic mass is 9.95. The molecule has 3 heteroatoms. The molecule has 1 heterocycles. The highest BCUT2D eigenvalue weighted by molar-refractivity contribution is 5.99. The summed E-state index contributed by atoms with van der Waals surface area (Å²) in [5.41, 5.74) is 2.10. The molecule has 0 aliphatic rings. The summed E-state index contributed by atoms with van der Waals surface area (Å²) in [5.74, 6) is 0. The summed E-state index contributed by atoms with van der Waals surface area (Å²) in [6, 6.07) is 23.7. The fraction of sp³-hybridized carbons (Fsp3) is 0. The van der Waals surface area contributed by atoms with Crippen LogP contribution < -0.4 is 5.56 Å². The van der Waals surface area contributed by atoms with Crippen LogP contribution in [0.4, 0.5) is 0 Å². The van der Waals surface area contributed by atoms with E-state index in [1.165, 1.54) is 0 Å². The van der Waals surface area contributed by atoms with Gasteiger partial charge in [-0.2, -0.15) is 5.26 Å². The third-order valence-electron chi connectivity index (χ3n) is 4.07. The first-order chi connectivity index (χ1) is 11.3. The number of H-pyrrole nitrogens is 1. The number of pyridine rings is 1. The van der Waals surface area contributed by atoms with Gasteiger partial charge in [0.05, 0.1) is 0 Å². The van der Waals surface area contributed by atoms with Gasteiger partial charge < -0.3 is 4.98 Å². The number of fused-ring (bicyclic) bond motifs is 2. The highest BCUT2D eigenvalue weighted by Gasteiger charge is 2.14. The minimum atomic E-state index is -0.352. The molecule has 3 aromatic carbocycles. The van der Waals surface area contributed by atoms with E-state index in [-0.39, 0.29) is 11.1 Å². The van der Waals surface area contributed by atoms with Gasteiger partial charge in [-0.1, -0.05) is 54.6 Å². The van der Waals surface area contributed by atoms with Crippen molar-refractivity contribution in [3.05, 3.63) is 82.6 Å². The van der Waals surface area contributed by atoms with E-state index in [4.69, 9.17) is 0 Å². The van der Waals surface area contributed by atoms with Crippen LogP contribution in [0.15, 0.2) is 71.5 Å². The third-order valence-corrected chi connectivity index (χ3v) is 4.07. The minimum absolute atomic E-state index is 0.152. The second-order valence-corrected chi connectivity index (χ2v) is 5.42. The molecule has 1 aromatic heterocycles. The Morgan fingerprint density at radius 3 is 2.43 bits per heavy atom. The molecule has 0 saturated heterocycles. The molecule has 4 rings (SSSR count). The molecule has 0 atom stereocenters. The Morgan fingerprint density at radius 2 is 1.61 bits per heavy atom. The molecule has 1 N–H and O–H groups in total. The first kappa shape index (κ1) is 13.3. The van der Waals surface area contributed by atoms with Gasteiger partial charge in [0.1, 0.15) is 11.6 Å². The Balaban J connectivity index is 2.14. The first-order valence-corrected chi connectivity index (χ1v) is 7.32. The maximum absolute atomic E-state index is 12.2. The summed E-state index contributed by atoms with van der Waals surface area (Å²) in [7, 11) is 0. The number of nitriles is 1. The van der Waals surface area contributed by atoms with Gasteiger partial charge in [-0.15, -0.1) is 0 Å². The van der Waals surface area contributed by atoms with E-state index >= 15 is 0 Å². The standard InChI is InChI=1S/C20H12N2O/c21-12-17-19(16-7-3-4-8-18(16)22-20(17)23)15-10-9-13-5-1-2-6-14(13)11-15/h1-11H,(H,22,23). The number of aromatic amines is 1. The smallest absolute Gasteiger partial charge is 0.266 e. The lowest BCUT2D eigenvalue weighted by Gasteiger charge is -2.10. The largest absolute Gasteiger partial charge is 0.321 e. The highest BCUT2D eigenvalue weighted by Crippen LogP contribution is 2.31. The third kappa shape index (κ3) is 2.09. The fourth-order valence-electron chi connectivity index (χ4n) is 2.99. The second-order valence-electron chi connectivity index (χ2n) is 5.42. The maximum atomic E-state index is 12.2. The molecule has 0 bridgehead atoms. The number of nitrogens with zero attached hydrogens (tertiary/aromatic N) is 1. The molecule has 108 valence electrons. The Bertz CT molecular complexity index is 1150. The van der Waals surface area contributed by atoms with Gasteiger partial charge in [0.25, 0.3) is 5.56 Å². The molecule has 0 spiro atoms. The predicted molar refractivity (Wildman–Crippen MR) is 92.2 cm³/mol. The van der Waals surface area contributed by atoms with E-state index in [0.717, 1.165) is 27.2 Å². The van der Waals surface area contributed by atoms with Gasteiger partial charge in [0, 0.05) is 16.5 Å². The SMILES string of the molecule is N#Cc1c(-c2ccc3ccccc3c2)c2ccccc2[nH]c1=O. The summed E-state index contributed by atoms with van der Waals surface area (Å²) in [5, 5.41) is 12.5. The van der Waals surface area contributed by atoms with Crippen molar-refractivity contribution in [3.8, 4) is 17.2 Å². The van der Waals surface area contributed by atoms with Crippen LogP contribution in [0.2, 0.25) is 0 Å². The Hall–Kier alpha value is -3.38. The lowest BCUT2D eigenvalue weighted by molar-refractivity contribution is 1.27. The van der Waals surface area contributed by atoms with Crippen LogP contribution >= 0.6 is 0 Å². The van der Waals surface area contributed by atoms with Gasteiger partial charge in [0.15, 0.2) is 0 Å². The average Bonchev–Trinajstić information content (AvgIpc) is 2.60. The van der Waals surface area contributed by atoms with Gasteiger partial charge in [-0.3, -0.25) is 4.79 Å². The van der Waals surface area contributed by atoms with Crippen molar-refractivity contribution in [3.63, 3.8) is 0 Å². The molecule has 0 aliphatic heterocycles. The van der Waals surface area contributed by atoms with Crippen molar-refractivity contribution in [1.82, 2.24) is 4.98 Å². The molecule has 0 radical (unpaired) electrons. The molecule has 23 heavy (non-hydrogen) atoms. The summed E-state index contributed by atoms with van der Waals surface area (Å²) < 4.78 is 0. The van der Waals surface area contributed by atoms with E-state index in [1.54, 1.807) is 0 Å². The predicted octanol–water partition coefficient (Wildman–Crippen LogP) is 4.22. The fourth-order valence-corrected chi connectivity index (χ4v) is 2.99. The number of hydrogen-bond donors (Lipinski definition) is 1. The molecule has 4 aromatic rings. The number of benzene rings is 3. The molecular weight excluding hydrogens is 284 g/mol. The molecular formula is C20H12N2O. The Kier molecular flexibility index (Phi) is 2.96. The topological polar surface area (TPSA) is 56.6 Å².